The molecule has 0 N–H and O–H groups in total. The Balaban J connectivity index is 3.18. The monoisotopic (exact) mass is 258 g/mol. The molecular weight excluding hydrogens is 243 g/mol. The Morgan fingerprint density at radius 3 is 2.71 bits per heavy atom. The number of hydrogen-bond acceptors (Lipinski definition) is 3. The van der Waals surface area contributed by atoms with Crippen molar-refractivity contribution in [3.63, 3.8) is 0 Å². The first-order valence-corrected chi connectivity index (χ1v) is 6.58. The van der Waals surface area contributed by atoms with Gasteiger partial charge in [-0.05, 0) is 19.1 Å². The van der Waals surface area contributed by atoms with Crippen molar-refractivity contribution in [3.05, 3.63) is 36.3 Å². The van der Waals surface area contributed by atoms with Crippen LogP contribution in [0, 0.1) is 5.82 Å². The normalized spacial score (nSPS) is 11.8. The van der Waals surface area contributed by atoms with Crippen molar-refractivity contribution in [2.75, 3.05) is 13.1 Å². The number of nitrogens with zero attached hydrogens (tertiary/aromatic N) is 2. The van der Waals surface area contributed by atoms with Crippen LogP contribution in [0.4, 0.5) is 4.39 Å². The maximum absolute atomic E-state index is 13.4. The summed E-state index contributed by atoms with van der Waals surface area (Å²) in [5.41, 5.74) is 0.687. The first kappa shape index (κ1) is 13.8. The Kier molecular flexibility index (Phi) is 4.36. The fraction of sp³-hybridized carbons (Fsp3) is 0.364. The zero-order valence-corrected chi connectivity index (χ0v) is 10.7. The molecule has 94 valence electrons. The molecule has 17 heavy (non-hydrogen) atoms. The van der Waals surface area contributed by atoms with Gasteiger partial charge in [-0.2, -0.15) is 4.31 Å². The van der Waals surface area contributed by atoms with E-state index in [0.717, 1.165) is 10.4 Å². The van der Waals surface area contributed by atoms with E-state index in [1.165, 1.54) is 12.3 Å². The van der Waals surface area contributed by atoms with Crippen molar-refractivity contribution in [1.82, 2.24) is 9.29 Å². The minimum atomic E-state index is -3.89. The highest BCUT2D eigenvalue weighted by atomic mass is 32.2. The van der Waals surface area contributed by atoms with E-state index in [1.807, 2.05) is 0 Å². The number of pyridine rings is 1. The molecule has 0 aliphatic heterocycles. The van der Waals surface area contributed by atoms with Gasteiger partial charge in [-0.15, -0.1) is 0 Å². The minimum Gasteiger partial charge on any atom is -0.241 e. The SMILES string of the molecule is C=C(C)CN(CC)S(=O)(=O)c1ncccc1F. The Labute approximate surface area is 101 Å². The third-order valence-electron chi connectivity index (χ3n) is 2.11. The molecule has 0 amide bonds. The van der Waals surface area contributed by atoms with E-state index in [0.29, 0.717) is 5.57 Å². The van der Waals surface area contributed by atoms with Gasteiger partial charge in [0.15, 0.2) is 5.82 Å². The number of aromatic nitrogens is 1. The molecule has 4 nitrogen and oxygen atoms in total. The van der Waals surface area contributed by atoms with Crippen LogP contribution in [0.3, 0.4) is 0 Å². The van der Waals surface area contributed by atoms with Gasteiger partial charge < -0.3 is 0 Å². The minimum absolute atomic E-state index is 0.162. The van der Waals surface area contributed by atoms with E-state index in [2.05, 4.69) is 11.6 Å². The average Bonchev–Trinajstić information content (AvgIpc) is 2.25. The largest absolute Gasteiger partial charge is 0.263 e. The molecule has 0 saturated carbocycles. The molecule has 6 heteroatoms. The predicted octanol–water partition coefficient (Wildman–Crippen LogP) is 1.81. The van der Waals surface area contributed by atoms with Crippen LogP contribution in [-0.4, -0.2) is 30.8 Å². The third-order valence-corrected chi connectivity index (χ3v) is 3.96. The molecule has 0 aromatic carbocycles. The van der Waals surface area contributed by atoms with Crippen molar-refractivity contribution in [3.8, 4) is 0 Å². The summed E-state index contributed by atoms with van der Waals surface area (Å²) in [6.45, 7) is 7.45. The fourth-order valence-corrected chi connectivity index (χ4v) is 2.83. The molecule has 0 spiro atoms. The van der Waals surface area contributed by atoms with Crippen molar-refractivity contribution >= 4 is 10.0 Å². The van der Waals surface area contributed by atoms with Gasteiger partial charge in [0, 0.05) is 19.3 Å². The van der Waals surface area contributed by atoms with Gasteiger partial charge in [0.25, 0.3) is 10.0 Å². The van der Waals surface area contributed by atoms with Gasteiger partial charge in [0.1, 0.15) is 0 Å². The van der Waals surface area contributed by atoms with Gasteiger partial charge in [-0.25, -0.2) is 17.8 Å². The topological polar surface area (TPSA) is 50.3 Å². The molecule has 0 aliphatic rings. The van der Waals surface area contributed by atoms with Crippen LogP contribution in [0.15, 0.2) is 35.5 Å². The summed E-state index contributed by atoms with van der Waals surface area (Å²) in [5, 5.41) is -0.539. The molecule has 0 bridgehead atoms. The van der Waals surface area contributed by atoms with Crippen LogP contribution in [0.2, 0.25) is 0 Å². The van der Waals surface area contributed by atoms with Crippen LogP contribution in [0.25, 0.3) is 0 Å². The second kappa shape index (κ2) is 5.37. The Bertz CT molecular complexity index is 514. The second-order valence-corrected chi connectivity index (χ2v) is 5.53. The van der Waals surface area contributed by atoms with E-state index in [4.69, 9.17) is 0 Å². The molecule has 0 aliphatic carbocycles. The number of halogens is 1. The first-order chi connectivity index (χ1) is 7.89. The summed E-state index contributed by atoms with van der Waals surface area (Å²) in [6, 6.07) is 2.43. The van der Waals surface area contributed by atoms with Gasteiger partial charge in [-0.3, -0.25) is 0 Å². The molecule has 0 saturated heterocycles. The van der Waals surface area contributed by atoms with Gasteiger partial charge >= 0.3 is 0 Å². The lowest BCUT2D eigenvalue weighted by molar-refractivity contribution is 0.442. The highest BCUT2D eigenvalue weighted by Gasteiger charge is 2.27. The van der Waals surface area contributed by atoms with Crippen molar-refractivity contribution in [2.45, 2.75) is 18.9 Å². The van der Waals surface area contributed by atoms with Crippen molar-refractivity contribution < 1.29 is 12.8 Å². The van der Waals surface area contributed by atoms with Gasteiger partial charge in [-0.1, -0.05) is 19.1 Å². The summed E-state index contributed by atoms with van der Waals surface area (Å²) >= 11 is 0. The van der Waals surface area contributed by atoms with E-state index in [-0.39, 0.29) is 13.1 Å². The quantitative estimate of drug-likeness (QED) is 0.757. The van der Waals surface area contributed by atoms with E-state index < -0.39 is 20.9 Å². The second-order valence-electron chi connectivity index (χ2n) is 3.68. The molecule has 0 radical (unpaired) electrons. The summed E-state index contributed by atoms with van der Waals surface area (Å²) in [4.78, 5) is 3.59. The summed E-state index contributed by atoms with van der Waals surface area (Å²) in [6.07, 6.45) is 1.25. The van der Waals surface area contributed by atoms with Gasteiger partial charge in [0.05, 0.1) is 0 Å². The Morgan fingerprint density at radius 1 is 1.59 bits per heavy atom. The highest BCUT2D eigenvalue weighted by Crippen LogP contribution is 2.16. The smallest absolute Gasteiger partial charge is 0.241 e. The Morgan fingerprint density at radius 2 is 2.24 bits per heavy atom. The van der Waals surface area contributed by atoms with Crippen LogP contribution in [-0.2, 0) is 10.0 Å². The zero-order chi connectivity index (χ0) is 13.1. The maximum atomic E-state index is 13.4. The number of hydrogen-bond donors (Lipinski definition) is 0. The lowest BCUT2D eigenvalue weighted by Gasteiger charge is -2.19. The fourth-order valence-electron chi connectivity index (χ4n) is 1.35. The van der Waals surface area contributed by atoms with E-state index >= 15 is 0 Å². The lowest BCUT2D eigenvalue weighted by atomic mass is 10.3. The predicted molar refractivity (Wildman–Crippen MR) is 63.4 cm³/mol. The average molecular weight is 258 g/mol. The molecule has 0 fully saturated rings. The highest BCUT2D eigenvalue weighted by molar-refractivity contribution is 7.89. The lowest BCUT2D eigenvalue weighted by Crippen LogP contribution is -2.33. The van der Waals surface area contributed by atoms with Crippen LogP contribution >= 0.6 is 0 Å². The summed E-state index contributed by atoms with van der Waals surface area (Å²) < 4.78 is 38.8. The van der Waals surface area contributed by atoms with Crippen molar-refractivity contribution in [2.24, 2.45) is 0 Å². The van der Waals surface area contributed by atoms with Crippen LogP contribution in [0.5, 0.6) is 0 Å². The standard InChI is InChI=1S/C11H15FN2O2S/c1-4-14(8-9(2)3)17(15,16)11-10(12)6-5-7-13-11/h5-7H,2,4,8H2,1,3H3. The molecule has 1 heterocycles. The summed E-state index contributed by atoms with van der Waals surface area (Å²) in [5.74, 6) is -0.840. The molecule has 1 aromatic rings. The molecule has 0 unspecified atom stereocenters. The van der Waals surface area contributed by atoms with Gasteiger partial charge in [0.2, 0.25) is 5.03 Å². The Hall–Kier alpha value is -1.27. The molecular formula is C11H15FN2O2S. The zero-order valence-electron chi connectivity index (χ0n) is 9.85. The number of sulfonamides is 1. The van der Waals surface area contributed by atoms with E-state index in [1.54, 1.807) is 13.8 Å². The molecule has 0 atom stereocenters. The van der Waals surface area contributed by atoms with Crippen LogP contribution in [0.1, 0.15) is 13.8 Å². The van der Waals surface area contributed by atoms with Crippen molar-refractivity contribution in [1.29, 1.82) is 0 Å². The molecule has 1 aromatic heterocycles. The van der Waals surface area contributed by atoms with Crippen LogP contribution < -0.4 is 0 Å². The number of rotatable bonds is 5. The summed E-state index contributed by atoms with van der Waals surface area (Å²) in [7, 11) is -3.89. The number of likely N-dealkylation sites (N-methyl/N-ethyl adjacent to an activating group) is 1. The van der Waals surface area contributed by atoms with E-state index in [9.17, 15) is 12.8 Å². The maximum Gasteiger partial charge on any atom is 0.263 e. The third kappa shape index (κ3) is 3.10. The molecule has 1 rings (SSSR count). The first-order valence-electron chi connectivity index (χ1n) is 5.14.